The van der Waals surface area contributed by atoms with E-state index in [0.717, 1.165) is 23.3 Å². The van der Waals surface area contributed by atoms with Gasteiger partial charge in [0.25, 0.3) is 11.8 Å². The molecule has 0 aliphatic heterocycles. The summed E-state index contributed by atoms with van der Waals surface area (Å²) >= 11 is 12.1. The molecule has 0 heterocycles. The number of carbonyl (C=O) groups is 2. The lowest BCUT2D eigenvalue weighted by Gasteiger charge is -2.21. The maximum atomic E-state index is 13.0. The molecule has 0 saturated heterocycles. The molecule has 0 fully saturated rings. The van der Waals surface area contributed by atoms with Gasteiger partial charge in [-0.05, 0) is 54.8 Å². The molecule has 7 nitrogen and oxygen atoms in total. The average molecular weight is 542 g/mol. The summed E-state index contributed by atoms with van der Waals surface area (Å²) in [7, 11) is 0. The van der Waals surface area contributed by atoms with E-state index in [2.05, 4.69) is 15.8 Å². The molecule has 2 atom stereocenters. The quantitative estimate of drug-likeness (QED) is 0.236. The predicted molar refractivity (Wildman–Crippen MR) is 147 cm³/mol. The fourth-order valence-corrected chi connectivity index (χ4v) is 3.77. The molecule has 3 aromatic rings. The fraction of sp³-hybridized carbons (Fsp3) is 0.250. The van der Waals surface area contributed by atoms with Gasteiger partial charge < -0.3 is 14.8 Å². The molecule has 9 heteroatoms. The molecule has 0 bridgehead atoms. The zero-order chi connectivity index (χ0) is 26.6. The van der Waals surface area contributed by atoms with Gasteiger partial charge in [-0.25, -0.2) is 5.43 Å². The highest BCUT2D eigenvalue weighted by Gasteiger charge is 2.25. The summed E-state index contributed by atoms with van der Waals surface area (Å²) in [6, 6.07) is 20.6. The van der Waals surface area contributed by atoms with Crippen LogP contribution < -0.4 is 20.2 Å². The van der Waals surface area contributed by atoms with E-state index in [1.54, 1.807) is 19.1 Å². The average Bonchev–Trinajstić information content (AvgIpc) is 2.89. The van der Waals surface area contributed by atoms with Crippen molar-refractivity contribution in [2.24, 2.45) is 5.10 Å². The number of amides is 2. The minimum absolute atomic E-state index is 0.267. The van der Waals surface area contributed by atoms with Gasteiger partial charge in [0.2, 0.25) is 0 Å². The van der Waals surface area contributed by atoms with Gasteiger partial charge in [0.1, 0.15) is 17.5 Å². The maximum Gasteiger partial charge on any atom is 0.262 e. The lowest BCUT2D eigenvalue weighted by molar-refractivity contribution is -0.132. The van der Waals surface area contributed by atoms with E-state index in [4.69, 9.17) is 32.7 Å². The summed E-state index contributed by atoms with van der Waals surface area (Å²) < 4.78 is 11.3. The highest BCUT2D eigenvalue weighted by atomic mass is 35.5. The first-order chi connectivity index (χ1) is 17.9. The van der Waals surface area contributed by atoms with Crippen molar-refractivity contribution in [2.45, 2.75) is 38.8 Å². The van der Waals surface area contributed by atoms with E-state index in [1.807, 2.05) is 61.5 Å². The molecule has 194 valence electrons. The molecule has 3 rings (SSSR count). The number of benzene rings is 3. The number of rotatable bonds is 12. The monoisotopic (exact) mass is 541 g/mol. The molecule has 37 heavy (non-hydrogen) atoms. The first kappa shape index (κ1) is 28.0. The van der Waals surface area contributed by atoms with E-state index >= 15 is 0 Å². The third-order valence-electron chi connectivity index (χ3n) is 5.20. The molecule has 0 radical (unpaired) electrons. The minimum atomic E-state index is -0.917. The van der Waals surface area contributed by atoms with E-state index < -0.39 is 24.0 Å². The Labute approximate surface area is 226 Å². The second kappa shape index (κ2) is 14.3. The van der Waals surface area contributed by atoms with Gasteiger partial charge in [-0.15, -0.1) is 0 Å². The third-order valence-corrected chi connectivity index (χ3v) is 5.73. The van der Waals surface area contributed by atoms with E-state index in [0.29, 0.717) is 17.4 Å². The zero-order valence-corrected chi connectivity index (χ0v) is 22.1. The molecule has 0 spiro atoms. The molecule has 0 aromatic heterocycles. The number of ether oxygens (including phenoxy) is 2. The predicted octanol–water partition coefficient (Wildman–Crippen LogP) is 5.43. The Hall–Kier alpha value is -3.55. The molecular formula is C28H29Cl2N3O4. The van der Waals surface area contributed by atoms with Crippen LogP contribution in [0.4, 0.5) is 0 Å². The van der Waals surface area contributed by atoms with Gasteiger partial charge >= 0.3 is 0 Å². The van der Waals surface area contributed by atoms with Crippen molar-refractivity contribution in [1.82, 2.24) is 10.7 Å². The number of halogens is 2. The summed E-state index contributed by atoms with van der Waals surface area (Å²) in [5.41, 5.74) is 4.16. The minimum Gasteiger partial charge on any atom is -0.494 e. The standard InChI is InChI=1S/C28H29Cl2N3O4/c1-3-14-36-23-11-7-10-21(15-23)18-31-33-28(35)25(16-20-8-5-4-6-9-20)32-27(34)19(2)37-26-13-12-22(29)17-24(26)30/h4-13,15,17-19,25H,3,14,16H2,1-2H3,(H,32,34)(H,33,35)/b31-18-/t19-,25-/m0/s1. The zero-order valence-electron chi connectivity index (χ0n) is 20.6. The van der Waals surface area contributed by atoms with Crippen LogP contribution in [0.25, 0.3) is 0 Å². The van der Waals surface area contributed by atoms with Gasteiger partial charge in [0, 0.05) is 11.4 Å². The van der Waals surface area contributed by atoms with Gasteiger partial charge in [0.15, 0.2) is 6.10 Å². The van der Waals surface area contributed by atoms with Crippen LogP contribution in [0.15, 0.2) is 77.9 Å². The normalized spacial score (nSPS) is 12.5. The SMILES string of the molecule is CCCOc1cccc(/C=N\NC(=O)[C@H](Cc2ccccc2)NC(=O)[C@H](C)Oc2ccc(Cl)cc2Cl)c1. The Morgan fingerprint density at radius 3 is 2.51 bits per heavy atom. The number of hydrogen-bond acceptors (Lipinski definition) is 5. The van der Waals surface area contributed by atoms with Gasteiger partial charge in [-0.3, -0.25) is 9.59 Å². The highest BCUT2D eigenvalue weighted by Crippen LogP contribution is 2.28. The Bertz CT molecular complexity index is 1220. The van der Waals surface area contributed by atoms with E-state index in [-0.39, 0.29) is 11.4 Å². The third kappa shape index (κ3) is 9.12. The van der Waals surface area contributed by atoms with Crippen molar-refractivity contribution in [2.75, 3.05) is 6.61 Å². The molecule has 0 unspecified atom stereocenters. The van der Waals surface area contributed by atoms with Crippen LogP contribution >= 0.6 is 23.2 Å². The maximum absolute atomic E-state index is 13.0. The largest absolute Gasteiger partial charge is 0.494 e. The van der Waals surface area contributed by atoms with Crippen LogP contribution in [0.3, 0.4) is 0 Å². The van der Waals surface area contributed by atoms with Crippen LogP contribution in [0.2, 0.25) is 10.0 Å². The Morgan fingerprint density at radius 1 is 1.00 bits per heavy atom. The van der Waals surface area contributed by atoms with Crippen LogP contribution in [0, 0.1) is 0 Å². The summed E-state index contributed by atoms with van der Waals surface area (Å²) in [6.07, 6.45) is 1.77. The second-order valence-electron chi connectivity index (χ2n) is 8.24. The van der Waals surface area contributed by atoms with Gasteiger partial charge in [-0.1, -0.05) is 72.6 Å². The molecular weight excluding hydrogens is 513 g/mol. The first-order valence-electron chi connectivity index (χ1n) is 11.9. The topological polar surface area (TPSA) is 89.0 Å². The summed E-state index contributed by atoms with van der Waals surface area (Å²) in [5.74, 6) is 0.0871. The van der Waals surface area contributed by atoms with Crippen molar-refractivity contribution in [1.29, 1.82) is 0 Å². The molecule has 0 saturated carbocycles. The number of hydrogen-bond donors (Lipinski definition) is 2. The van der Waals surface area contributed by atoms with Gasteiger partial charge in [0.05, 0.1) is 17.8 Å². The van der Waals surface area contributed by atoms with Crippen molar-refractivity contribution >= 4 is 41.2 Å². The smallest absolute Gasteiger partial charge is 0.262 e. The lowest BCUT2D eigenvalue weighted by Crippen LogP contribution is -2.50. The molecule has 3 aromatic carbocycles. The number of nitrogens with zero attached hydrogens (tertiary/aromatic N) is 1. The van der Waals surface area contributed by atoms with Crippen LogP contribution in [0.1, 0.15) is 31.4 Å². The van der Waals surface area contributed by atoms with Crippen LogP contribution in [-0.4, -0.2) is 36.8 Å². The first-order valence-corrected chi connectivity index (χ1v) is 12.6. The summed E-state index contributed by atoms with van der Waals surface area (Å²) in [4.78, 5) is 25.9. The van der Waals surface area contributed by atoms with Crippen LogP contribution in [-0.2, 0) is 16.0 Å². The van der Waals surface area contributed by atoms with Crippen molar-refractivity contribution in [3.05, 3.63) is 94.0 Å². The van der Waals surface area contributed by atoms with Crippen molar-refractivity contribution in [3.8, 4) is 11.5 Å². The number of carbonyl (C=O) groups excluding carboxylic acids is 2. The number of hydrazone groups is 1. The molecule has 0 aliphatic carbocycles. The molecule has 0 aliphatic rings. The van der Waals surface area contributed by atoms with Crippen molar-refractivity contribution in [3.63, 3.8) is 0 Å². The fourth-order valence-electron chi connectivity index (χ4n) is 3.32. The highest BCUT2D eigenvalue weighted by molar-refractivity contribution is 6.35. The number of nitrogens with one attached hydrogen (secondary N) is 2. The Kier molecular flexibility index (Phi) is 10.8. The summed E-state index contributed by atoms with van der Waals surface area (Å²) in [5, 5.41) is 7.57. The van der Waals surface area contributed by atoms with Crippen molar-refractivity contribution < 1.29 is 19.1 Å². The molecule has 2 amide bonds. The summed E-state index contributed by atoms with van der Waals surface area (Å²) in [6.45, 7) is 4.22. The molecule has 2 N–H and O–H groups in total. The van der Waals surface area contributed by atoms with E-state index in [9.17, 15) is 9.59 Å². The Balaban J connectivity index is 1.67. The van der Waals surface area contributed by atoms with E-state index in [1.165, 1.54) is 12.3 Å². The second-order valence-corrected chi connectivity index (χ2v) is 9.08. The lowest BCUT2D eigenvalue weighted by atomic mass is 10.1. The van der Waals surface area contributed by atoms with Crippen LogP contribution in [0.5, 0.6) is 11.5 Å². The Morgan fingerprint density at radius 2 is 1.78 bits per heavy atom. The van der Waals surface area contributed by atoms with Gasteiger partial charge in [-0.2, -0.15) is 5.10 Å².